The van der Waals surface area contributed by atoms with Gasteiger partial charge in [-0.2, -0.15) is 11.8 Å². The van der Waals surface area contributed by atoms with Crippen LogP contribution in [-0.2, 0) is 19.2 Å². The Balaban J connectivity index is 2.88. The zero-order valence-corrected chi connectivity index (χ0v) is 17.2. The molecule has 3 amide bonds. The lowest BCUT2D eigenvalue weighted by molar-refractivity contribution is -0.146. The lowest BCUT2D eigenvalue weighted by Crippen LogP contribution is -2.59. The number of rotatable bonds is 10. The highest BCUT2D eigenvalue weighted by Gasteiger charge is 2.40. The van der Waals surface area contributed by atoms with Crippen LogP contribution in [-0.4, -0.2) is 87.6 Å². The molecule has 1 rings (SSSR count). The van der Waals surface area contributed by atoms with Gasteiger partial charge in [-0.15, -0.1) is 0 Å². The molecule has 160 valence electrons. The average molecular weight is 419 g/mol. The minimum absolute atomic E-state index is 0.268. The van der Waals surface area contributed by atoms with E-state index in [9.17, 15) is 29.4 Å². The number of nitrogens with two attached hydrogens (primary N) is 1. The maximum atomic E-state index is 12.9. The third kappa shape index (κ3) is 6.64. The van der Waals surface area contributed by atoms with Crippen LogP contribution < -0.4 is 16.4 Å². The first-order chi connectivity index (χ1) is 13.1. The minimum Gasteiger partial charge on any atom is -0.480 e. The highest BCUT2D eigenvalue weighted by molar-refractivity contribution is 7.98. The first-order valence-corrected chi connectivity index (χ1v) is 10.6. The van der Waals surface area contributed by atoms with Crippen LogP contribution in [0.5, 0.6) is 0 Å². The SMILES string of the molecule is CSCCC(NC(=O)C1CCCN1C(=O)C(NC(=O)C(C)N)C(C)O)C(=O)O. The number of aliphatic hydroxyl groups excluding tert-OH is 1. The number of carbonyl (C=O) groups excluding carboxylic acids is 3. The Morgan fingerprint density at radius 1 is 1.25 bits per heavy atom. The van der Waals surface area contributed by atoms with Gasteiger partial charge in [-0.05, 0) is 45.1 Å². The van der Waals surface area contributed by atoms with Crippen molar-refractivity contribution in [3.8, 4) is 0 Å². The molecule has 5 atom stereocenters. The van der Waals surface area contributed by atoms with Crippen LogP contribution in [0.3, 0.4) is 0 Å². The topological polar surface area (TPSA) is 162 Å². The molecule has 1 fully saturated rings. The Morgan fingerprint density at radius 3 is 2.39 bits per heavy atom. The van der Waals surface area contributed by atoms with Crippen LogP contribution in [0.2, 0.25) is 0 Å². The van der Waals surface area contributed by atoms with E-state index in [4.69, 9.17) is 5.73 Å². The third-order valence-corrected chi connectivity index (χ3v) is 5.17. The van der Waals surface area contributed by atoms with Gasteiger partial charge in [0.15, 0.2) is 0 Å². The number of likely N-dealkylation sites (tertiary alicyclic amines) is 1. The van der Waals surface area contributed by atoms with Gasteiger partial charge in [0.25, 0.3) is 0 Å². The number of nitrogens with zero attached hydrogens (tertiary/aromatic N) is 1. The number of carboxylic acids is 1. The molecule has 0 aromatic heterocycles. The van der Waals surface area contributed by atoms with E-state index < -0.39 is 54.0 Å². The van der Waals surface area contributed by atoms with Gasteiger partial charge in [-0.1, -0.05) is 0 Å². The monoisotopic (exact) mass is 418 g/mol. The fourth-order valence-electron chi connectivity index (χ4n) is 2.92. The number of aliphatic carboxylic acids is 1. The Bertz CT molecular complexity index is 586. The Hall–Kier alpha value is -1.85. The molecule has 0 radical (unpaired) electrons. The lowest BCUT2D eigenvalue weighted by Gasteiger charge is -2.30. The van der Waals surface area contributed by atoms with Gasteiger partial charge in [-0.3, -0.25) is 14.4 Å². The van der Waals surface area contributed by atoms with E-state index in [0.29, 0.717) is 18.6 Å². The Kier molecular flexibility index (Phi) is 9.70. The number of aliphatic hydroxyl groups is 1. The number of hydrogen-bond acceptors (Lipinski definition) is 7. The molecular weight excluding hydrogens is 388 g/mol. The fraction of sp³-hybridized carbons (Fsp3) is 0.765. The minimum atomic E-state index is -1.24. The van der Waals surface area contributed by atoms with E-state index in [1.54, 1.807) is 0 Å². The van der Waals surface area contributed by atoms with E-state index >= 15 is 0 Å². The second kappa shape index (κ2) is 11.2. The second-order valence-electron chi connectivity index (χ2n) is 6.89. The van der Waals surface area contributed by atoms with Crippen LogP contribution in [0.1, 0.15) is 33.1 Å². The van der Waals surface area contributed by atoms with Crippen molar-refractivity contribution in [2.45, 2.75) is 63.4 Å². The van der Waals surface area contributed by atoms with Crippen LogP contribution in [0, 0.1) is 0 Å². The smallest absolute Gasteiger partial charge is 0.326 e. The Labute approximate surface area is 168 Å². The summed E-state index contributed by atoms with van der Waals surface area (Å²) in [5, 5.41) is 24.1. The Morgan fingerprint density at radius 2 is 1.89 bits per heavy atom. The van der Waals surface area contributed by atoms with Crippen molar-refractivity contribution in [2.75, 3.05) is 18.6 Å². The first-order valence-electron chi connectivity index (χ1n) is 9.16. The van der Waals surface area contributed by atoms with Crippen LogP contribution in [0.15, 0.2) is 0 Å². The predicted molar refractivity (Wildman–Crippen MR) is 105 cm³/mol. The summed E-state index contributed by atoms with van der Waals surface area (Å²) >= 11 is 1.47. The maximum Gasteiger partial charge on any atom is 0.326 e. The van der Waals surface area contributed by atoms with Crippen LogP contribution in [0.4, 0.5) is 0 Å². The number of nitrogens with one attached hydrogen (secondary N) is 2. The molecule has 1 aliphatic heterocycles. The van der Waals surface area contributed by atoms with Crippen LogP contribution in [0.25, 0.3) is 0 Å². The van der Waals surface area contributed by atoms with E-state index in [1.165, 1.54) is 30.5 Å². The molecule has 11 heteroatoms. The summed E-state index contributed by atoms with van der Waals surface area (Å²) in [5.74, 6) is -2.32. The molecular formula is C17H30N4O6S. The normalized spacial score (nSPS) is 20.8. The van der Waals surface area contributed by atoms with Crippen molar-refractivity contribution in [2.24, 2.45) is 5.73 Å². The number of carboxylic acid groups (broad SMARTS) is 1. The average Bonchev–Trinajstić information content (AvgIpc) is 3.11. The summed E-state index contributed by atoms with van der Waals surface area (Å²) in [6.45, 7) is 3.08. The zero-order chi connectivity index (χ0) is 21.4. The molecule has 10 nitrogen and oxygen atoms in total. The molecule has 0 aromatic rings. The van der Waals surface area contributed by atoms with Gasteiger partial charge in [0, 0.05) is 6.54 Å². The largest absolute Gasteiger partial charge is 0.480 e. The third-order valence-electron chi connectivity index (χ3n) is 4.52. The standard InChI is InChI=1S/C17H30N4O6S/c1-9(18)14(23)20-13(10(2)22)16(25)21-7-4-5-12(21)15(24)19-11(17(26)27)6-8-28-3/h9-13,22H,4-8,18H2,1-3H3,(H,19,24)(H,20,23)(H,26,27). The summed E-state index contributed by atoms with van der Waals surface area (Å²) in [4.78, 5) is 50.0. The van der Waals surface area contributed by atoms with Crippen molar-refractivity contribution in [3.63, 3.8) is 0 Å². The molecule has 6 N–H and O–H groups in total. The molecule has 1 aliphatic rings. The van der Waals surface area contributed by atoms with Gasteiger partial charge >= 0.3 is 5.97 Å². The van der Waals surface area contributed by atoms with E-state index in [2.05, 4.69) is 10.6 Å². The predicted octanol–water partition coefficient (Wildman–Crippen LogP) is -1.49. The highest BCUT2D eigenvalue weighted by Crippen LogP contribution is 2.20. The van der Waals surface area contributed by atoms with Crippen molar-refractivity contribution < 1.29 is 29.4 Å². The zero-order valence-electron chi connectivity index (χ0n) is 16.4. The van der Waals surface area contributed by atoms with Gasteiger partial charge in [0.2, 0.25) is 17.7 Å². The van der Waals surface area contributed by atoms with Crippen molar-refractivity contribution in [1.29, 1.82) is 0 Å². The molecule has 0 aromatic carbocycles. The molecule has 0 saturated carbocycles. The van der Waals surface area contributed by atoms with E-state index in [1.807, 2.05) is 6.26 Å². The van der Waals surface area contributed by atoms with Crippen molar-refractivity contribution in [1.82, 2.24) is 15.5 Å². The summed E-state index contributed by atoms with van der Waals surface area (Å²) in [5.41, 5.74) is 5.50. The second-order valence-corrected chi connectivity index (χ2v) is 7.87. The molecule has 5 unspecified atom stereocenters. The highest BCUT2D eigenvalue weighted by atomic mass is 32.2. The summed E-state index contributed by atoms with van der Waals surface area (Å²) in [6.07, 6.45) is 1.85. The van der Waals surface area contributed by atoms with Gasteiger partial charge in [0.05, 0.1) is 12.1 Å². The van der Waals surface area contributed by atoms with E-state index in [0.717, 1.165) is 0 Å². The fourth-order valence-corrected chi connectivity index (χ4v) is 3.39. The molecule has 0 spiro atoms. The molecule has 1 heterocycles. The summed E-state index contributed by atoms with van der Waals surface area (Å²) in [7, 11) is 0. The quantitative estimate of drug-likeness (QED) is 0.287. The molecule has 0 aliphatic carbocycles. The van der Waals surface area contributed by atoms with Crippen molar-refractivity contribution in [3.05, 3.63) is 0 Å². The molecule has 28 heavy (non-hydrogen) atoms. The van der Waals surface area contributed by atoms with Gasteiger partial charge in [0.1, 0.15) is 18.1 Å². The number of hydrogen-bond donors (Lipinski definition) is 5. The number of amides is 3. The molecule has 1 saturated heterocycles. The van der Waals surface area contributed by atoms with Gasteiger partial charge < -0.3 is 31.5 Å². The van der Waals surface area contributed by atoms with Crippen molar-refractivity contribution >= 4 is 35.5 Å². The van der Waals surface area contributed by atoms with Crippen LogP contribution >= 0.6 is 11.8 Å². The van der Waals surface area contributed by atoms with Gasteiger partial charge in [-0.25, -0.2) is 4.79 Å². The van der Waals surface area contributed by atoms with E-state index in [-0.39, 0.29) is 13.0 Å². The number of carbonyl (C=O) groups is 4. The number of thioether (sulfide) groups is 1. The summed E-state index contributed by atoms with van der Waals surface area (Å²) < 4.78 is 0. The maximum absolute atomic E-state index is 12.9. The first kappa shape index (κ1) is 24.2. The lowest BCUT2D eigenvalue weighted by atomic mass is 10.1. The summed E-state index contributed by atoms with van der Waals surface area (Å²) in [6, 6.07) is -3.99. The molecule has 0 bridgehead atoms.